The molecule has 1 aliphatic heterocycles. The van der Waals surface area contributed by atoms with Gasteiger partial charge in [-0.1, -0.05) is 23.7 Å². The Kier molecular flexibility index (Phi) is 6.19. The Morgan fingerprint density at radius 3 is 2.43 bits per heavy atom. The molecule has 0 aliphatic carbocycles. The van der Waals surface area contributed by atoms with Gasteiger partial charge in [-0.2, -0.15) is 4.31 Å². The monoisotopic (exact) mass is 425 g/mol. The van der Waals surface area contributed by atoms with E-state index in [9.17, 15) is 18.5 Å². The van der Waals surface area contributed by atoms with Crippen molar-refractivity contribution in [3.05, 3.63) is 63.2 Å². The first kappa shape index (κ1) is 20.5. The fourth-order valence-electron chi connectivity index (χ4n) is 2.95. The summed E-state index contributed by atoms with van der Waals surface area (Å²) in [5.74, 6) is 0. The molecule has 1 aliphatic rings. The molecule has 3 rings (SSSR count). The Morgan fingerprint density at radius 1 is 1.18 bits per heavy atom. The topological polar surface area (TPSA) is 102 Å². The summed E-state index contributed by atoms with van der Waals surface area (Å²) in [7, 11) is -3.81. The summed E-state index contributed by atoms with van der Waals surface area (Å²) in [6, 6.07) is 10.8. The van der Waals surface area contributed by atoms with Crippen LogP contribution in [0.4, 0.5) is 11.4 Å². The number of anilines is 1. The van der Waals surface area contributed by atoms with Crippen LogP contribution in [0.2, 0.25) is 5.02 Å². The van der Waals surface area contributed by atoms with E-state index < -0.39 is 14.9 Å². The van der Waals surface area contributed by atoms with Crippen LogP contribution in [0, 0.1) is 10.1 Å². The number of rotatable bonds is 6. The molecule has 1 fully saturated rings. The molecule has 1 unspecified atom stereocenters. The first-order valence-corrected chi connectivity index (χ1v) is 10.5. The standard InChI is InChI=1S/C18H20ClN3O5S/c1-13(14-2-4-15(19)5-3-14)20-17-7-6-16(12-18(17)22(23)24)28(25,26)21-8-10-27-11-9-21/h2-7,12-13,20H,8-11H2,1H3. The molecule has 0 aromatic heterocycles. The highest BCUT2D eigenvalue weighted by Gasteiger charge is 2.29. The molecule has 8 nitrogen and oxygen atoms in total. The Bertz CT molecular complexity index is 960. The van der Waals surface area contributed by atoms with E-state index >= 15 is 0 Å². The number of nitro groups is 1. The number of nitrogens with zero attached hydrogens (tertiary/aromatic N) is 2. The molecular formula is C18H20ClN3O5S. The largest absolute Gasteiger partial charge is 0.379 e. The lowest BCUT2D eigenvalue weighted by Gasteiger charge is -2.26. The van der Waals surface area contributed by atoms with Crippen molar-refractivity contribution < 1.29 is 18.1 Å². The van der Waals surface area contributed by atoms with Crippen LogP contribution in [0.25, 0.3) is 0 Å². The van der Waals surface area contributed by atoms with Gasteiger partial charge in [0.1, 0.15) is 5.69 Å². The Morgan fingerprint density at radius 2 is 1.82 bits per heavy atom. The summed E-state index contributed by atoms with van der Waals surface area (Å²) in [6.07, 6.45) is 0. The first-order valence-electron chi connectivity index (χ1n) is 8.67. The molecule has 0 radical (unpaired) electrons. The second kappa shape index (κ2) is 8.44. The van der Waals surface area contributed by atoms with Crippen LogP contribution in [0.5, 0.6) is 0 Å². The zero-order valence-corrected chi connectivity index (χ0v) is 16.7. The van der Waals surface area contributed by atoms with E-state index in [1.807, 2.05) is 19.1 Å². The molecule has 0 spiro atoms. The van der Waals surface area contributed by atoms with Crippen molar-refractivity contribution in [2.24, 2.45) is 0 Å². The number of hydrogen-bond acceptors (Lipinski definition) is 6. The molecule has 2 aromatic carbocycles. The fraction of sp³-hybridized carbons (Fsp3) is 0.333. The number of ether oxygens (including phenoxy) is 1. The van der Waals surface area contributed by atoms with Crippen LogP contribution < -0.4 is 5.32 Å². The molecular weight excluding hydrogens is 406 g/mol. The normalized spacial score (nSPS) is 16.5. The van der Waals surface area contributed by atoms with E-state index in [1.54, 1.807) is 12.1 Å². The number of benzene rings is 2. The molecule has 2 aromatic rings. The molecule has 28 heavy (non-hydrogen) atoms. The summed E-state index contributed by atoms with van der Waals surface area (Å²) in [4.78, 5) is 10.9. The minimum atomic E-state index is -3.81. The number of morpholine rings is 1. The van der Waals surface area contributed by atoms with Gasteiger partial charge < -0.3 is 10.1 Å². The van der Waals surface area contributed by atoms with Crippen molar-refractivity contribution >= 4 is 33.0 Å². The molecule has 0 bridgehead atoms. The number of hydrogen-bond donors (Lipinski definition) is 1. The van der Waals surface area contributed by atoms with Gasteiger partial charge in [0.2, 0.25) is 10.0 Å². The maximum absolute atomic E-state index is 12.8. The third-order valence-corrected chi connectivity index (χ3v) is 6.66. The molecule has 1 atom stereocenters. The number of nitrogens with one attached hydrogen (secondary N) is 1. The summed E-state index contributed by atoms with van der Waals surface area (Å²) < 4.78 is 32.0. The van der Waals surface area contributed by atoms with E-state index in [0.29, 0.717) is 18.2 Å². The van der Waals surface area contributed by atoms with Gasteiger partial charge in [0.05, 0.1) is 23.0 Å². The van der Waals surface area contributed by atoms with Crippen LogP contribution in [-0.4, -0.2) is 43.9 Å². The van der Waals surface area contributed by atoms with Crippen LogP contribution in [0.15, 0.2) is 47.4 Å². The molecule has 10 heteroatoms. The molecule has 150 valence electrons. The van der Waals surface area contributed by atoms with Crippen LogP contribution in [0.3, 0.4) is 0 Å². The molecule has 1 N–H and O–H groups in total. The van der Waals surface area contributed by atoms with Gasteiger partial charge >= 0.3 is 0 Å². The highest BCUT2D eigenvalue weighted by atomic mass is 35.5. The van der Waals surface area contributed by atoms with Crippen LogP contribution in [-0.2, 0) is 14.8 Å². The van der Waals surface area contributed by atoms with Gasteiger partial charge in [-0.3, -0.25) is 10.1 Å². The highest BCUT2D eigenvalue weighted by Crippen LogP contribution is 2.32. The van der Waals surface area contributed by atoms with Gasteiger partial charge in [-0.25, -0.2) is 8.42 Å². The third kappa shape index (κ3) is 4.44. The number of sulfonamides is 1. The second-order valence-electron chi connectivity index (χ2n) is 6.37. The Balaban J connectivity index is 1.89. The number of halogens is 1. The lowest BCUT2D eigenvalue weighted by atomic mass is 10.1. The zero-order valence-electron chi connectivity index (χ0n) is 15.2. The summed E-state index contributed by atoms with van der Waals surface area (Å²) in [5.41, 5.74) is 0.840. The maximum Gasteiger partial charge on any atom is 0.293 e. The van der Waals surface area contributed by atoms with Gasteiger partial charge in [0.15, 0.2) is 0 Å². The predicted octanol–water partition coefficient (Wildman–Crippen LogP) is 3.44. The molecule has 0 saturated carbocycles. The van der Waals surface area contributed by atoms with E-state index in [4.69, 9.17) is 16.3 Å². The summed E-state index contributed by atoms with van der Waals surface area (Å²) in [5, 5.41) is 15.2. The minimum absolute atomic E-state index is 0.106. The SMILES string of the molecule is CC(Nc1ccc(S(=O)(=O)N2CCOCC2)cc1[N+](=O)[O-])c1ccc(Cl)cc1. The average Bonchev–Trinajstić information content (AvgIpc) is 2.69. The molecule has 1 saturated heterocycles. The molecule has 0 amide bonds. The van der Waals surface area contributed by atoms with Crippen molar-refractivity contribution in [1.29, 1.82) is 0 Å². The zero-order chi connectivity index (χ0) is 20.3. The van der Waals surface area contributed by atoms with Crippen molar-refractivity contribution in [1.82, 2.24) is 4.31 Å². The summed E-state index contributed by atoms with van der Waals surface area (Å²) in [6.45, 7) is 2.91. The van der Waals surface area contributed by atoms with Crippen molar-refractivity contribution in [2.45, 2.75) is 17.9 Å². The Hall–Kier alpha value is -2.20. The average molecular weight is 426 g/mol. The summed E-state index contributed by atoms with van der Waals surface area (Å²) >= 11 is 5.89. The number of nitro benzene ring substituents is 1. The molecule has 1 heterocycles. The smallest absolute Gasteiger partial charge is 0.293 e. The van der Waals surface area contributed by atoms with E-state index in [-0.39, 0.29) is 35.4 Å². The van der Waals surface area contributed by atoms with E-state index in [2.05, 4.69) is 5.32 Å². The maximum atomic E-state index is 12.8. The van der Waals surface area contributed by atoms with Crippen LogP contribution >= 0.6 is 11.6 Å². The lowest BCUT2D eigenvalue weighted by Crippen LogP contribution is -2.40. The van der Waals surface area contributed by atoms with Crippen molar-refractivity contribution in [3.8, 4) is 0 Å². The predicted molar refractivity (Wildman–Crippen MR) is 106 cm³/mol. The third-order valence-electron chi connectivity index (χ3n) is 4.52. The van der Waals surface area contributed by atoms with Gasteiger partial charge in [0, 0.05) is 30.2 Å². The lowest BCUT2D eigenvalue weighted by molar-refractivity contribution is -0.384. The fourth-order valence-corrected chi connectivity index (χ4v) is 4.50. The van der Waals surface area contributed by atoms with E-state index in [0.717, 1.165) is 11.6 Å². The van der Waals surface area contributed by atoms with Crippen molar-refractivity contribution in [2.75, 3.05) is 31.6 Å². The van der Waals surface area contributed by atoms with Crippen LogP contribution in [0.1, 0.15) is 18.5 Å². The second-order valence-corrected chi connectivity index (χ2v) is 8.74. The first-order chi connectivity index (χ1) is 13.3. The van der Waals surface area contributed by atoms with Gasteiger partial charge in [-0.15, -0.1) is 0 Å². The minimum Gasteiger partial charge on any atom is -0.379 e. The quantitative estimate of drug-likeness (QED) is 0.561. The van der Waals surface area contributed by atoms with E-state index in [1.165, 1.54) is 16.4 Å². The highest BCUT2D eigenvalue weighted by molar-refractivity contribution is 7.89. The van der Waals surface area contributed by atoms with Gasteiger partial charge in [0.25, 0.3) is 5.69 Å². The Labute approximate surface area is 168 Å². The van der Waals surface area contributed by atoms with Gasteiger partial charge in [-0.05, 0) is 36.8 Å². The van der Waals surface area contributed by atoms with Crippen molar-refractivity contribution in [3.63, 3.8) is 0 Å².